The lowest BCUT2D eigenvalue weighted by atomic mass is 10.2. The van der Waals surface area contributed by atoms with Crippen molar-refractivity contribution in [1.29, 1.82) is 0 Å². The molecule has 1 aliphatic heterocycles. The number of hydrogen-bond acceptors (Lipinski definition) is 8. The Morgan fingerprint density at radius 3 is 2.87 bits per heavy atom. The van der Waals surface area contributed by atoms with Crippen LogP contribution >= 0.6 is 23.1 Å². The first-order valence-corrected chi connectivity index (χ1v) is 8.57. The van der Waals surface area contributed by atoms with Crippen LogP contribution in [0.1, 0.15) is 5.01 Å². The molecule has 0 radical (unpaired) electrons. The van der Waals surface area contributed by atoms with Gasteiger partial charge in [0.2, 0.25) is 12.0 Å². The Morgan fingerprint density at radius 1 is 1.35 bits per heavy atom. The average molecular weight is 351 g/mol. The summed E-state index contributed by atoms with van der Waals surface area (Å²) in [6, 6.07) is 7.08. The quantitative estimate of drug-likeness (QED) is 0.833. The molecular formula is C14H13N3O4S2. The number of amides is 2. The second-order valence-corrected chi connectivity index (χ2v) is 7.06. The van der Waals surface area contributed by atoms with Crippen LogP contribution in [0.4, 0.5) is 0 Å². The van der Waals surface area contributed by atoms with E-state index in [1.165, 1.54) is 23.1 Å². The lowest BCUT2D eigenvalue weighted by molar-refractivity contribution is -0.135. The third-order valence-electron chi connectivity index (χ3n) is 2.90. The minimum Gasteiger partial charge on any atom is -0.485 e. The monoisotopic (exact) mass is 351 g/mol. The molecule has 2 heterocycles. The lowest BCUT2D eigenvalue weighted by Crippen LogP contribution is -2.46. The largest absolute Gasteiger partial charge is 0.485 e. The van der Waals surface area contributed by atoms with Crippen LogP contribution in [0.5, 0.6) is 11.5 Å². The van der Waals surface area contributed by atoms with Crippen molar-refractivity contribution < 1.29 is 19.1 Å². The maximum atomic E-state index is 12.1. The third-order valence-corrected chi connectivity index (χ3v) is 4.87. The number of aromatic nitrogens is 2. The van der Waals surface area contributed by atoms with Crippen molar-refractivity contribution in [2.24, 2.45) is 0 Å². The Morgan fingerprint density at radius 2 is 2.13 bits per heavy atom. The lowest BCUT2D eigenvalue weighted by Gasteiger charge is -2.25. The van der Waals surface area contributed by atoms with E-state index in [4.69, 9.17) is 9.47 Å². The van der Waals surface area contributed by atoms with Crippen LogP contribution in [0.3, 0.4) is 0 Å². The Labute approximate surface area is 140 Å². The molecule has 1 N–H and O–H groups in total. The van der Waals surface area contributed by atoms with Crippen molar-refractivity contribution in [1.82, 2.24) is 15.5 Å². The first-order chi connectivity index (χ1) is 11.1. The van der Waals surface area contributed by atoms with Gasteiger partial charge in [-0.2, -0.15) is 0 Å². The van der Waals surface area contributed by atoms with E-state index in [2.05, 4.69) is 15.5 Å². The summed E-state index contributed by atoms with van der Waals surface area (Å²) in [6.45, 7) is 1.91. The van der Waals surface area contributed by atoms with E-state index in [9.17, 15) is 9.59 Å². The number of carbonyl (C=O) groups is 2. The molecule has 2 aromatic rings. The van der Waals surface area contributed by atoms with E-state index in [1.54, 1.807) is 18.2 Å². The molecule has 0 saturated carbocycles. The van der Waals surface area contributed by atoms with Crippen LogP contribution in [-0.2, 0) is 9.59 Å². The van der Waals surface area contributed by atoms with E-state index in [0.29, 0.717) is 15.8 Å². The fourth-order valence-electron chi connectivity index (χ4n) is 1.87. The number of carbonyl (C=O) groups excluding carboxylic acids is 2. The number of aryl methyl sites for hydroxylation is 1. The predicted octanol–water partition coefficient (Wildman–Crippen LogP) is 1.42. The fraction of sp³-hybridized carbons (Fsp3) is 0.286. The van der Waals surface area contributed by atoms with Crippen LogP contribution in [0, 0.1) is 6.92 Å². The van der Waals surface area contributed by atoms with Crippen LogP contribution in [-0.4, -0.2) is 40.5 Å². The maximum Gasteiger partial charge on any atom is 0.271 e. The molecule has 0 fully saturated rings. The van der Waals surface area contributed by atoms with Crippen LogP contribution in [0.2, 0.25) is 0 Å². The number of imide groups is 1. The molecule has 120 valence electrons. The SMILES string of the molecule is Cc1nnc(SCC(=O)NC(=O)[C@@H]2COc3ccccc3O2)s1. The summed E-state index contributed by atoms with van der Waals surface area (Å²) in [5, 5.41) is 10.9. The molecule has 1 aliphatic rings. The summed E-state index contributed by atoms with van der Waals surface area (Å²) < 4.78 is 11.7. The van der Waals surface area contributed by atoms with E-state index in [0.717, 1.165) is 5.01 Å². The molecule has 1 aromatic carbocycles. The van der Waals surface area contributed by atoms with Crippen molar-refractivity contribution >= 4 is 34.9 Å². The molecule has 1 aromatic heterocycles. The Bertz CT molecular complexity index is 734. The topological polar surface area (TPSA) is 90.4 Å². The molecule has 2 amide bonds. The number of rotatable bonds is 4. The standard InChI is InChI=1S/C14H13N3O4S2/c1-8-16-17-14(23-8)22-7-12(18)15-13(19)11-6-20-9-4-2-3-5-10(9)21-11/h2-5,11H,6-7H2,1H3,(H,15,18,19)/t11-/m0/s1. The van der Waals surface area contributed by atoms with Gasteiger partial charge in [-0.15, -0.1) is 10.2 Å². The van der Waals surface area contributed by atoms with E-state index in [-0.39, 0.29) is 12.4 Å². The highest BCUT2D eigenvalue weighted by molar-refractivity contribution is 8.01. The Kier molecular flexibility index (Phi) is 4.77. The number of thioether (sulfide) groups is 1. The van der Waals surface area contributed by atoms with Gasteiger partial charge in [-0.1, -0.05) is 35.2 Å². The van der Waals surface area contributed by atoms with Gasteiger partial charge in [0.05, 0.1) is 5.75 Å². The molecule has 1 atom stereocenters. The second kappa shape index (κ2) is 6.97. The van der Waals surface area contributed by atoms with Crippen LogP contribution in [0.25, 0.3) is 0 Å². The van der Waals surface area contributed by atoms with Gasteiger partial charge in [0.1, 0.15) is 11.6 Å². The molecule has 9 heteroatoms. The third kappa shape index (κ3) is 3.99. The van der Waals surface area contributed by atoms with Crippen LogP contribution < -0.4 is 14.8 Å². The Balaban J connectivity index is 1.50. The zero-order valence-corrected chi connectivity index (χ0v) is 13.8. The van der Waals surface area contributed by atoms with E-state index >= 15 is 0 Å². The molecule has 23 heavy (non-hydrogen) atoms. The minimum absolute atomic E-state index is 0.0683. The van der Waals surface area contributed by atoms with Crippen molar-refractivity contribution in [3.05, 3.63) is 29.3 Å². The summed E-state index contributed by atoms with van der Waals surface area (Å²) in [4.78, 5) is 23.9. The minimum atomic E-state index is -0.845. The summed E-state index contributed by atoms with van der Waals surface area (Å²) in [7, 11) is 0. The number of ether oxygens (including phenoxy) is 2. The number of nitrogens with zero attached hydrogens (tertiary/aromatic N) is 2. The van der Waals surface area contributed by atoms with Gasteiger partial charge in [0, 0.05) is 0 Å². The van der Waals surface area contributed by atoms with Gasteiger partial charge in [-0.3, -0.25) is 14.9 Å². The fourth-order valence-corrected chi connectivity index (χ4v) is 3.48. The molecule has 0 saturated heterocycles. The molecule has 7 nitrogen and oxygen atoms in total. The molecule has 0 aliphatic carbocycles. The smallest absolute Gasteiger partial charge is 0.271 e. The highest BCUT2D eigenvalue weighted by Crippen LogP contribution is 2.30. The summed E-state index contributed by atoms with van der Waals surface area (Å²) in [6.07, 6.45) is -0.845. The summed E-state index contributed by atoms with van der Waals surface area (Å²) in [5.41, 5.74) is 0. The van der Waals surface area contributed by atoms with Crippen molar-refractivity contribution in [3.63, 3.8) is 0 Å². The number of nitrogens with one attached hydrogen (secondary N) is 1. The first-order valence-electron chi connectivity index (χ1n) is 6.77. The summed E-state index contributed by atoms with van der Waals surface area (Å²) in [5.74, 6) is 0.244. The Hall–Kier alpha value is -2.13. The van der Waals surface area contributed by atoms with Gasteiger partial charge in [0.15, 0.2) is 15.8 Å². The second-order valence-electron chi connectivity index (χ2n) is 4.65. The number of benzene rings is 1. The predicted molar refractivity (Wildman–Crippen MR) is 84.9 cm³/mol. The van der Waals surface area contributed by atoms with Gasteiger partial charge in [0.25, 0.3) is 5.91 Å². The van der Waals surface area contributed by atoms with Crippen molar-refractivity contribution in [3.8, 4) is 11.5 Å². The van der Waals surface area contributed by atoms with Crippen molar-refractivity contribution in [2.45, 2.75) is 17.4 Å². The number of fused-ring (bicyclic) bond motifs is 1. The van der Waals surface area contributed by atoms with Gasteiger partial charge in [-0.05, 0) is 19.1 Å². The zero-order chi connectivity index (χ0) is 16.2. The van der Waals surface area contributed by atoms with E-state index in [1.807, 2.05) is 13.0 Å². The normalized spacial score (nSPS) is 16.0. The number of para-hydroxylation sites is 2. The summed E-state index contributed by atoms with van der Waals surface area (Å²) >= 11 is 2.64. The van der Waals surface area contributed by atoms with Crippen LogP contribution in [0.15, 0.2) is 28.6 Å². The van der Waals surface area contributed by atoms with E-state index < -0.39 is 17.9 Å². The highest BCUT2D eigenvalue weighted by Gasteiger charge is 2.28. The molecule has 3 rings (SSSR count). The van der Waals surface area contributed by atoms with Gasteiger partial charge >= 0.3 is 0 Å². The maximum absolute atomic E-state index is 12.1. The average Bonchev–Trinajstić information content (AvgIpc) is 2.98. The van der Waals surface area contributed by atoms with Crippen molar-refractivity contribution in [2.75, 3.05) is 12.4 Å². The highest BCUT2D eigenvalue weighted by atomic mass is 32.2. The van der Waals surface area contributed by atoms with Gasteiger partial charge in [-0.25, -0.2) is 0 Å². The number of hydrogen-bond donors (Lipinski definition) is 1. The molecular weight excluding hydrogens is 338 g/mol. The zero-order valence-electron chi connectivity index (χ0n) is 12.1. The molecule has 0 unspecified atom stereocenters. The first kappa shape index (κ1) is 15.8. The van der Waals surface area contributed by atoms with Gasteiger partial charge < -0.3 is 9.47 Å². The molecule has 0 spiro atoms. The molecule has 0 bridgehead atoms.